The van der Waals surface area contributed by atoms with Crippen molar-refractivity contribution < 1.29 is 13.9 Å². The SMILES string of the molecule is OCCCCCCNc1c(F)cc(F)cc1Br. The molecule has 0 unspecified atom stereocenters. The molecule has 0 bridgehead atoms. The van der Waals surface area contributed by atoms with Crippen LogP contribution in [-0.4, -0.2) is 18.3 Å². The molecule has 1 rings (SSSR count). The molecule has 96 valence electrons. The van der Waals surface area contributed by atoms with E-state index >= 15 is 0 Å². The van der Waals surface area contributed by atoms with Gasteiger partial charge in [0.1, 0.15) is 11.6 Å². The van der Waals surface area contributed by atoms with Gasteiger partial charge in [0, 0.05) is 23.7 Å². The Morgan fingerprint density at radius 1 is 1.12 bits per heavy atom. The molecule has 0 aliphatic heterocycles. The van der Waals surface area contributed by atoms with E-state index in [1.165, 1.54) is 6.07 Å². The van der Waals surface area contributed by atoms with Crippen LogP contribution in [0.3, 0.4) is 0 Å². The van der Waals surface area contributed by atoms with E-state index in [2.05, 4.69) is 21.2 Å². The molecular weight excluding hydrogens is 292 g/mol. The average Bonchev–Trinajstić information content (AvgIpc) is 2.26. The summed E-state index contributed by atoms with van der Waals surface area (Å²) in [5.74, 6) is -1.19. The standard InChI is InChI=1S/C12H16BrF2NO/c13-10-7-9(14)8-11(15)12(10)16-5-3-1-2-4-6-17/h7-8,16-17H,1-6H2. The van der Waals surface area contributed by atoms with Crippen LogP contribution in [0.1, 0.15) is 25.7 Å². The van der Waals surface area contributed by atoms with E-state index in [-0.39, 0.29) is 6.61 Å². The minimum atomic E-state index is -0.595. The van der Waals surface area contributed by atoms with E-state index in [4.69, 9.17) is 5.11 Å². The highest BCUT2D eigenvalue weighted by molar-refractivity contribution is 9.10. The zero-order valence-electron chi connectivity index (χ0n) is 9.48. The van der Waals surface area contributed by atoms with Crippen LogP contribution in [-0.2, 0) is 0 Å². The predicted molar refractivity (Wildman–Crippen MR) is 68.1 cm³/mol. The summed E-state index contributed by atoms with van der Waals surface area (Å²) in [6.45, 7) is 0.845. The second-order valence-corrected chi connectivity index (χ2v) is 4.66. The second kappa shape index (κ2) is 7.61. The number of hydrogen-bond acceptors (Lipinski definition) is 2. The Balaban J connectivity index is 2.36. The summed E-state index contributed by atoms with van der Waals surface area (Å²) in [5.41, 5.74) is 0.300. The van der Waals surface area contributed by atoms with Crippen molar-refractivity contribution in [2.24, 2.45) is 0 Å². The molecule has 0 saturated carbocycles. The van der Waals surface area contributed by atoms with Gasteiger partial charge in [0.05, 0.1) is 5.69 Å². The van der Waals surface area contributed by atoms with Crippen LogP contribution in [0.25, 0.3) is 0 Å². The van der Waals surface area contributed by atoms with Crippen LogP contribution in [0.5, 0.6) is 0 Å². The monoisotopic (exact) mass is 307 g/mol. The van der Waals surface area contributed by atoms with Gasteiger partial charge in [-0.3, -0.25) is 0 Å². The quantitative estimate of drug-likeness (QED) is 0.753. The number of benzene rings is 1. The third-order valence-corrected chi connectivity index (χ3v) is 3.02. The number of nitrogens with one attached hydrogen (secondary N) is 1. The van der Waals surface area contributed by atoms with Gasteiger partial charge >= 0.3 is 0 Å². The molecule has 0 aliphatic rings. The lowest BCUT2D eigenvalue weighted by Crippen LogP contribution is -2.04. The van der Waals surface area contributed by atoms with Gasteiger partial charge in [-0.1, -0.05) is 12.8 Å². The molecule has 17 heavy (non-hydrogen) atoms. The lowest BCUT2D eigenvalue weighted by atomic mass is 10.2. The van der Waals surface area contributed by atoms with E-state index in [1.807, 2.05) is 0 Å². The Bertz CT molecular complexity index is 337. The van der Waals surface area contributed by atoms with Gasteiger partial charge in [-0.15, -0.1) is 0 Å². The molecule has 5 heteroatoms. The highest BCUT2D eigenvalue weighted by Gasteiger charge is 2.08. The lowest BCUT2D eigenvalue weighted by molar-refractivity contribution is 0.283. The maximum atomic E-state index is 13.4. The van der Waals surface area contributed by atoms with E-state index < -0.39 is 11.6 Å². The summed E-state index contributed by atoms with van der Waals surface area (Å²) in [4.78, 5) is 0. The second-order valence-electron chi connectivity index (χ2n) is 3.81. The van der Waals surface area contributed by atoms with Crippen molar-refractivity contribution in [1.82, 2.24) is 0 Å². The Morgan fingerprint density at radius 2 is 1.82 bits per heavy atom. The first-order chi connectivity index (χ1) is 8.15. The first kappa shape index (κ1) is 14.4. The summed E-state index contributed by atoms with van der Waals surface area (Å²) < 4.78 is 26.6. The normalized spacial score (nSPS) is 10.6. The molecule has 1 aromatic rings. The van der Waals surface area contributed by atoms with Gasteiger partial charge in [0.2, 0.25) is 0 Å². The number of anilines is 1. The first-order valence-electron chi connectivity index (χ1n) is 5.64. The van der Waals surface area contributed by atoms with Gasteiger partial charge in [-0.25, -0.2) is 8.78 Å². The van der Waals surface area contributed by atoms with Crippen LogP contribution >= 0.6 is 15.9 Å². The molecule has 0 aromatic heterocycles. The fourth-order valence-electron chi connectivity index (χ4n) is 1.51. The number of unbranched alkanes of at least 4 members (excludes halogenated alkanes) is 3. The number of aliphatic hydroxyl groups is 1. The predicted octanol–water partition coefficient (Wildman–Crippen LogP) is 3.69. The van der Waals surface area contributed by atoms with Gasteiger partial charge in [0.25, 0.3) is 0 Å². The van der Waals surface area contributed by atoms with E-state index in [9.17, 15) is 8.78 Å². The zero-order valence-corrected chi connectivity index (χ0v) is 11.1. The fourth-order valence-corrected chi connectivity index (χ4v) is 2.06. The highest BCUT2D eigenvalue weighted by Crippen LogP contribution is 2.26. The summed E-state index contributed by atoms with van der Waals surface area (Å²) in [6, 6.07) is 2.09. The summed E-state index contributed by atoms with van der Waals surface area (Å²) in [6.07, 6.45) is 3.64. The van der Waals surface area contributed by atoms with Crippen molar-refractivity contribution in [3.63, 3.8) is 0 Å². The maximum Gasteiger partial charge on any atom is 0.150 e. The molecule has 2 nitrogen and oxygen atoms in total. The molecular formula is C12H16BrF2NO. The van der Waals surface area contributed by atoms with Crippen LogP contribution in [0.4, 0.5) is 14.5 Å². The molecule has 0 fully saturated rings. The maximum absolute atomic E-state index is 13.4. The molecule has 0 radical (unpaired) electrons. The minimum Gasteiger partial charge on any atom is -0.396 e. The third kappa shape index (κ3) is 5.00. The van der Waals surface area contributed by atoms with Crippen molar-refractivity contribution in [2.45, 2.75) is 25.7 Å². The largest absolute Gasteiger partial charge is 0.396 e. The average molecular weight is 308 g/mol. The number of rotatable bonds is 7. The molecule has 0 spiro atoms. The van der Waals surface area contributed by atoms with Crippen molar-refractivity contribution in [1.29, 1.82) is 0 Å². The molecule has 2 N–H and O–H groups in total. The molecule has 0 aliphatic carbocycles. The van der Waals surface area contributed by atoms with Crippen molar-refractivity contribution in [3.8, 4) is 0 Å². The molecule has 0 atom stereocenters. The highest BCUT2D eigenvalue weighted by atomic mass is 79.9. The van der Waals surface area contributed by atoms with Crippen molar-refractivity contribution in [3.05, 3.63) is 28.2 Å². The van der Waals surface area contributed by atoms with Gasteiger partial charge < -0.3 is 10.4 Å². The fraction of sp³-hybridized carbons (Fsp3) is 0.500. The third-order valence-electron chi connectivity index (χ3n) is 2.39. The topological polar surface area (TPSA) is 32.3 Å². The number of hydrogen-bond donors (Lipinski definition) is 2. The van der Waals surface area contributed by atoms with Crippen LogP contribution in [0.15, 0.2) is 16.6 Å². The van der Waals surface area contributed by atoms with Crippen molar-refractivity contribution >= 4 is 21.6 Å². The Morgan fingerprint density at radius 3 is 2.47 bits per heavy atom. The Labute approximate surface area is 108 Å². The molecule has 0 heterocycles. The van der Waals surface area contributed by atoms with E-state index in [1.54, 1.807) is 0 Å². The van der Waals surface area contributed by atoms with E-state index in [0.29, 0.717) is 16.7 Å². The summed E-state index contributed by atoms with van der Waals surface area (Å²) in [5, 5.41) is 11.5. The lowest BCUT2D eigenvalue weighted by Gasteiger charge is -2.09. The Kier molecular flexibility index (Phi) is 6.44. The van der Waals surface area contributed by atoms with Gasteiger partial charge in [-0.2, -0.15) is 0 Å². The van der Waals surface area contributed by atoms with Crippen molar-refractivity contribution in [2.75, 3.05) is 18.5 Å². The number of halogens is 3. The molecule has 1 aromatic carbocycles. The van der Waals surface area contributed by atoms with Gasteiger partial charge in [-0.05, 0) is 34.8 Å². The first-order valence-corrected chi connectivity index (χ1v) is 6.43. The minimum absolute atomic E-state index is 0.214. The van der Waals surface area contributed by atoms with Gasteiger partial charge in [0.15, 0.2) is 0 Å². The zero-order chi connectivity index (χ0) is 12.7. The Hall–Kier alpha value is -0.680. The number of aliphatic hydroxyl groups excluding tert-OH is 1. The van der Waals surface area contributed by atoms with Crippen LogP contribution in [0, 0.1) is 11.6 Å². The smallest absolute Gasteiger partial charge is 0.150 e. The molecule has 0 saturated heterocycles. The summed E-state index contributed by atoms with van der Waals surface area (Å²) in [7, 11) is 0. The molecule has 0 amide bonds. The van der Waals surface area contributed by atoms with Crippen LogP contribution in [0.2, 0.25) is 0 Å². The summed E-state index contributed by atoms with van der Waals surface area (Å²) >= 11 is 3.12. The van der Waals surface area contributed by atoms with Crippen LogP contribution < -0.4 is 5.32 Å². The van der Waals surface area contributed by atoms with E-state index in [0.717, 1.165) is 31.7 Å².